The second-order valence-corrected chi connectivity index (χ2v) is 9.48. The predicted molar refractivity (Wildman–Crippen MR) is 144 cm³/mol. The van der Waals surface area contributed by atoms with Gasteiger partial charge < -0.3 is 14.8 Å². The molecule has 2 amide bonds. The van der Waals surface area contributed by atoms with Crippen LogP contribution in [0, 0.1) is 5.82 Å². The number of nitrogens with zero attached hydrogens (tertiary/aromatic N) is 4. The van der Waals surface area contributed by atoms with Crippen molar-refractivity contribution in [2.75, 3.05) is 19.1 Å². The zero-order valence-corrected chi connectivity index (χ0v) is 21.8. The lowest BCUT2D eigenvalue weighted by Crippen LogP contribution is -2.47. The number of methoxy groups -OCH3 is 2. The van der Waals surface area contributed by atoms with E-state index in [2.05, 4.69) is 15.6 Å². The molecular formula is C29H30FN5O4. The van der Waals surface area contributed by atoms with Crippen LogP contribution < -0.4 is 19.7 Å². The third-order valence-corrected chi connectivity index (χ3v) is 7.00. The van der Waals surface area contributed by atoms with E-state index in [0.717, 1.165) is 25.7 Å². The summed E-state index contributed by atoms with van der Waals surface area (Å²) in [7, 11) is 3.01. The van der Waals surface area contributed by atoms with E-state index in [4.69, 9.17) is 9.47 Å². The molecule has 0 aliphatic heterocycles. The van der Waals surface area contributed by atoms with E-state index in [1.807, 2.05) is 18.2 Å². The maximum Gasteiger partial charge on any atom is 0.249 e. The SMILES string of the molecule is COc1ccc(OC)c([C@H](C(=O)NC2CCCC2)N(C(=O)Cn2nnc3ccccc32)c2cccc(F)c2)c1. The highest BCUT2D eigenvalue weighted by Gasteiger charge is 2.37. The number of nitrogens with one attached hydrogen (secondary N) is 1. The average molecular weight is 532 g/mol. The number of hydrogen-bond donors (Lipinski definition) is 1. The highest BCUT2D eigenvalue weighted by molar-refractivity contribution is 6.02. The van der Waals surface area contributed by atoms with Crippen molar-refractivity contribution in [1.29, 1.82) is 0 Å². The van der Waals surface area contributed by atoms with Gasteiger partial charge in [-0.05, 0) is 61.4 Å². The van der Waals surface area contributed by atoms with Crippen LogP contribution >= 0.6 is 0 Å². The van der Waals surface area contributed by atoms with E-state index in [0.29, 0.717) is 28.1 Å². The van der Waals surface area contributed by atoms with Gasteiger partial charge in [0.15, 0.2) is 0 Å². The summed E-state index contributed by atoms with van der Waals surface area (Å²) < 4.78 is 27.1. The first-order chi connectivity index (χ1) is 19.0. The molecular weight excluding hydrogens is 501 g/mol. The van der Waals surface area contributed by atoms with Gasteiger partial charge >= 0.3 is 0 Å². The molecule has 1 aromatic heterocycles. The summed E-state index contributed by atoms with van der Waals surface area (Å²) in [5.74, 6) is -0.535. The molecule has 0 unspecified atom stereocenters. The number of amides is 2. The lowest BCUT2D eigenvalue weighted by Gasteiger charge is -2.33. The number of aromatic nitrogens is 3. The summed E-state index contributed by atoms with van der Waals surface area (Å²) in [5, 5.41) is 11.4. The zero-order chi connectivity index (χ0) is 27.4. The molecule has 9 nitrogen and oxygen atoms in total. The van der Waals surface area contributed by atoms with Crippen molar-refractivity contribution in [2.45, 2.75) is 44.3 Å². The molecule has 0 spiro atoms. The summed E-state index contributed by atoms with van der Waals surface area (Å²) in [5.41, 5.74) is 1.93. The van der Waals surface area contributed by atoms with Crippen LogP contribution in [-0.4, -0.2) is 47.1 Å². The average Bonchev–Trinajstić information content (AvgIpc) is 3.61. The molecule has 10 heteroatoms. The van der Waals surface area contributed by atoms with Crippen molar-refractivity contribution < 1.29 is 23.5 Å². The van der Waals surface area contributed by atoms with Gasteiger partial charge in [0, 0.05) is 17.3 Å². The highest BCUT2D eigenvalue weighted by atomic mass is 19.1. The lowest BCUT2D eigenvalue weighted by atomic mass is 10.0. The van der Waals surface area contributed by atoms with E-state index in [9.17, 15) is 14.0 Å². The molecule has 1 aliphatic carbocycles. The topological polar surface area (TPSA) is 98.6 Å². The Morgan fingerprint density at radius 1 is 1.05 bits per heavy atom. The van der Waals surface area contributed by atoms with Gasteiger partial charge in [0.25, 0.3) is 0 Å². The number of benzene rings is 3. The Labute approximate surface area is 225 Å². The molecule has 4 aromatic rings. The number of carbonyl (C=O) groups is 2. The summed E-state index contributed by atoms with van der Waals surface area (Å²) in [6.45, 7) is -0.226. The molecule has 0 saturated heterocycles. The number of anilines is 1. The minimum atomic E-state index is -1.18. The first-order valence-electron chi connectivity index (χ1n) is 12.9. The van der Waals surface area contributed by atoms with Crippen LogP contribution in [0.25, 0.3) is 11.0 Å². The number of carbonyl (C=O) groups excluding carboxylic acids is 2. The quantitative estimate of drug-likeness (QED) is 0.343. The number of ether oxygens (including phenoxy) is 2. The maximum absolute atomic E-state index is 14.5. The third-order valence-electron chi connectivity index (χ3n) is 7.00. The number of fused-ring (bicyclic) bond motifs is 1. The summed E-state index contributed by atoms with van der Waals surface area (Å²) >= 11 is 0. The van der Waals surface area contributed by atoms with Gasteiger partial charge in [-0.25, -0.2) is 9.07 Å². The van der Waals surface area contributed by atoms with Crippen molar-refractivity contribution in [3.8, 4) is 11.5 Å². The number of rotatable bonds is 9. The molecule has 5 rings (SSSR count). The second kappa shape index (κ2) is 11.5. The fourth-order valence-electron chi connectivity index (χ4n) is 5.10. The van der Waals surface area contributed by atoms with Crippen LogP contribution in [0.15, 0.2) is 66.7 Å². The van der Waals surface area contributed by atoms with Crippen molar-refractivity contribution in [3.63, 3.8) is 0 Å². The molecule has 1 fully saturated rings. The molecule has 1 N–H and O–H groups in total. The van der Waals surface area contributed by atoms with E-state index in [-0.39, 0.29) is 18.3 Å². The maximum atomic E-state index is 14.5. The molecule has 1 atom stereocenters. The molecule has 0 bridgehead atoms. The summed E-state index contributed by atoms with van der Waals surface area (Å²) in [4.78, 5) is 29.5. The van der Waals surface area contributed by atoms with Crippen LogP contribution in [0.4, 0.5) is 10.1 Å². The Bertz CT molecular complexity index is 1480. The number of hydrogen-bond acceptors (Lipinski definition) is 6. The molecule has 3 aromatic carbocycles. The van der Waals surface area contributed by atoms with Gasteiger partial charge in [0.2, 0.25) is 11.8 Å². The molecule has 1 saturated carbocycles. The van der Waals surface area contributed by atoms with Gasteiger partial charge in [0.1, 0.15) is 35.4 Å². The monoisotopic (exact) mass is 531 g/mol. The fraction of sp³-hybridized carbons (Fsp3) is 0.310. The first-order valence-corrected chi connectivity index (χ1v) is 12.9. The number of para-hydroxylation sites is 1. The Morgan fingerprint density at radius 3 is 2.59 bits per heavy atom. The molecule has 202 valence electrons. The van der Waals surface area contributed by atoms with E-state index in [1.54, 1.807) is 30.3 Å². The molecule has 1 aliphatic rings. The summed E-state index contributed by atoms with van der Waals surface area (Å²) in [6.07, 6.45) is 3.74. The van der Waals surface area contributed by atoms with E-state index in [1.165, 1.54) is 42.0 Å². The van der Waals surface area contributed by atoms with Gasteiger partial charge in [-0.2, -0.15) is 0 Å². The minimum Gasteiger partial charge on any atom is -0.497 e. The minimum absolute atomic E-state index is 0.0136. The van der Waals surface area contributed by atoms with Crippen LogP contribution in [0.1, 0.15) is 37.3 Å². The molecule has 39 heavy (non-hydrogen) atoms. The molecule has 0 radical (unpaired) electrons. The van der Waals surface area contributed by atoms with Crippen LogP contribution in [0.5, 0.6) is 11.5 Å². The zero-order valence-electron chi connectivity index (χ0n) is 21.8. The van der Waals surface area contributed by atoms with Gasteiger partial charge in [-0.1, -0.05) is 36.3 Å². The lowest BCUT2D eigenvalue weighted by molar-refractivity contribution is -0.127. The third kappa shape index (κ3) is 5.55. The largest absolute Gasteiger partial charge is 0.497 e. The smallest absolute Gasteiger partial charge is 0.249 e. The van der Waals surface area contributed by atoms with Crippen molar-refractivity contribution in [1.82, 2.24) is 20.3 Å². The second-order valence-electron chi connectivity index (χ2n) is 9.48. The van der Waals surface area contributed by atoms with Crippen molar-refractivity contribution in [2.24, 2.45) is 0 Å². The summed E-state index contributed by atoms with van der Waals surface area (Å²) in [6, 6.07) is 16.8. The van der Waals surface area contributed by atoms with Crippen molar-refractivity contribution >= 4 is 28.5 Å². The van der Waals surface area contributed by atoms with Gasteiger partial charge in [0.05, 0.1) is 19.7 Å². The van der Waals surface area contributed by atoms with Gasteiger partial charge in [-0.15, -0.1) is 5.10 Å². The fourth-order valence-corrected chi connectivity index (χ4v) is 5.10. The normalized spacial score (nSPS) is 14.2. The Morgan fingerprint density at radius 2 is 1.85 bits per heavy atom. The Kier molecular flexibility index (Phi) is 7.72. The Balaban J connectivity index is 1.63. The van der Waals surface area contributed by atoms with Crippen LogP contribution in [-0.2, 0) is 16.1 Å². The van der Waals surface area contributed by atoms with Crippen LogP contribution in [0.2, 0.25) is 0 Å². The Hall–Kier alpha value is -4.47. The molecule has 1 heterocycles. The van der Waals surface area contributed by atoms with E-state index >= 15 is 0 Å². The van der Waals surface area contributed by atoms with Crippen LogP contribution in [0.3, 0.4) is 0 Å². The van der Waals surface area contributed by atoms with Gasteiger partial charge in [-0.3, -0.25) is 14.5 Å². The number of halogens is 1. The highest BCUT2D eigenvalue weighted by Crippen LogP contribution is 2.37. The predicted octanol–water partition coefficient (Wildman–Crippen LogP) is 4.42. The first kappa shape index (κ1) is 26.1. The van der Waals surface area contributed by atoms with Crippen molar-refractivity contribution in [3.05, 3.63) is 78.1 Å². The van der Waals surface area contributed by atoms with E-state index < -0.39 is 23.7 Å². The standard InChI is InChI=1S/C29H30FN5O4/c1-38-22-14-15-26(39-2)23(17-22)28(29(37)31-20-9-3-4-10-20)35(21-11-7-8-19(30)16-21)27(36)18-34-25-13-6-5-12-24(25)32-33-34/h5-8,11-17,20,28H,3-4,9-10,18H2,1-2H3,(H,31,37)/t28-/m1/s1.